The van der Waals surface area contributed by atoms with Crippen molar-refractivity contribution >= 4 is 17.6 Å². The molecule has 20 heavy (non-hydrogen) atoms. The Morgan fingerprint density at radius 3 is 2.90 bits per heavy atom. The molecule has 6 heteroatoms. The number of anilines is 1. The zero-order chi connectivity index (χ0) is 14.7. The quantitative estimate of drug-likeness (QED) is 0.848. The number of carbonyl (C=O) groups excluding carboxylic acids is 1. The molecule has 1 aliphatic rings. The predicted molar refractivity (Wildman–Crippen MR) is 73.9 cm³/mol. The fourth-order valence-electron chi connectivity index (χ4n) is 2.43. The minimum Gasteiger partial charge on any atom is -0.481 e. The first kappa shape index (κ1) is 14.3. The topological polar surface area (TPSA) is 92.9 Å². The number of aliphatic carboxylic acids is 1. The molecular weight excluding hydrogens is 260 g/mol. The van der Waals surface area contributed by atoms with Gasteiger partial charge in [0, 0.05) is 6.54 Å². The molecule has 1 amide bonds. The third-order valence-electron chi connectivity index (χ3n) is 3.37. The number of amides is 1. The number of nitrogens with zero attached hydrogens (tertiary/aromatic N) is 1. The summed E-state index contributed by atoms with van der Waals surface area (Å²) in [6.07, 6.45) is -0.0356. The summed E-state index contributed by atoms with van der Waals surface area (Å²) >= 11 is 0. The number of nitrogens with two attached hydrogens (primary N) is 1. The number of hydrogen-bond donors (Lipinski definition) is 2. The van der Waals surface area contributed by atoms with Crippen molar-refractivity contribution in [1.82, 2.24) is 0 Å². The molecule has 1 heterocycles. The lowest BCUT2D eigenvalue weighted by atomic mass is 10.0. The molecule has 1 fully saturated rings. The van der Waals surface area contributed by atoms with Gasteiger partial charge in [-0.25, -0.2) is 0 Å². The number of morpholine rings is 1. The van der Waals surface area contributed by atoms with Crippen LogP contribution < -0.4 is 10.6 Å². The van der Waals surface area contributed by atoms with Crippen molar-refractivity contribution in [2.45, 2.75) is 19.4 Å². The average Bonchev–Trinajstić information content (AvgIpc) is 2.38. The summed E-state index contributed by atoms with van der Waals surface area (Å²) < 4.78 is 5.34. The maximum Gasteiger partial charge on any atom is 0.305 e. The first-order valence-electron chi connectivity index (χ1n) is 6.45. The van der Waals surface area contributed by atoms with Gasteiger partial charge in [-0.15, -0.1) is 0 Å². The number of ether oxygens (including phenoxy) is 1. The Balaban J connectivity index is 2.38. The highest BCUT2D eigenvalue weighted by Gasteiger charge is 2.28. The molecule has 0 bridgehead atoms. The largest absolute Gasteiger partial charge is 0.481 e. The molecule has 0 spiro atoms. The van der Waals surface area contributed by atoms with Gasteiger partial charge in [0.05, 0.1) is 36.9 Å². The Bertz CT molecular complexity index is 530. The molecule has 1 aromatic carbocycles. The Kier molecular flexibility index (Phi) is 4.24. The second-order valence-electron chi connectivity index (χ2n) is 4.90. The first-order valence-corrected chi connectivity index (χ1v) is 6.45. The van der Waals surface area contributed by atoms with Crippen molar-refractivity contribution in [1.29, 1.82) is 0 Å². The number of carbonyl (C=O) groups is 2. The smallest absolute Gasteiger partial charge is 0.305 e. The van der Waals surface area contributed by atoms with Crippen LogP contribution in [0, 0.1) is 6.92 Å². The van der Waals surface area contributed by atoms with E-state index < -0.39 is 11.9 Å². The highest BCUT2D eigenvalue weighted by Crippen LogP contribution is 2.26. The maximum atomic E-state index is 11.6. The lowest BCUT2D eigenvalue weighted by molar-refractivity contribution is -0.138. The zero-order valence-corrected chi connectivity index (χ0v) is 11.3. The highest BCUT2D eigenvalue weighted by molar-refractivity contribution is 5.99. The van der Waals surface area contributed by atoms with Crippen LogP contribution >= 0.6 is 0 Å². The summed E-state index contributed by atoms with van der Waals surface area (Å²) in [5.74, 6) is -1.40. The van der Waals surface area contributed by atoms with E-state index in [9.17, 15) is 9.59 Å². The zero-order valence-electron chi connectivity index (χ0n) is 11.3. The molecule has 108 valence electrons. The van der Waals surface area contributed by atoms with Crippen molar-refractivity contribution in [2.75, 3.05) is 24.7 Å². The number of benzene rings is 1. The number of carboxylic acid groups (broad SMARTS) is 1. The molecule has 2 rings (SSSR count). The summed E-state index contributed by atoms with van der Waals surface area (Å²) in [6.45, 7) is 3.29. The van der Waals surface area contributed by atoms with E-state index in [4.69, 9.17) is 15.6 Å². The average molecular weight is 278 g/mol. The van der Waals surface area contributed by atoms with Gasteiger partial charge in [0.1, 0.15) is 0 Å². The lowest BCUT2D eigenvalue weighted by Gasteiger charge is -2.37. The fraction of sp³-hybridized carbons (Fsp3) is 0.429. The minimum absolute atomic E-state index is 0.0356. The van der Waals surface area contributed by atoms with Crippen LogP contribution in [0.25, 0.3) is 0 Å². The van der Waals surface area contributed by atoms with E-state index in [2.05, 4.69) is 0 Å². The summed E-state index contributed by atoms with van der Waals surface area (Å²) in [6, 6.07) is 5.07. The van der Waals surface area contributed by atoms with Gasteiger partial charge in [0.25, 0.3) is 5.91 Å². The van der Waals surface area contributed by atoms with E-state index in [1.807, 2.05) is 24.0 Å². The molecule has 6 nitrogen and oxygen atoms in total. The molecule has 1 aromatic rings. The number of rotatable bonds is 4. The van der Waals surface area contributed by atoms with Gasteiger partial charge >= 0.3 is 5.97 Å². The standard InChI is InChI=1S/C14H18N2O4/c1-9-2-3-11(14(15)19)12(6-9)16-4-5-20-8-10(16)7-13(17)18/h2-3,6,10H,4-5,7-8H2,1H3,(H2,15,19)(H,17,18). The molecule has 0 aliphatic carbocycles. The summed E-state index contributed by atoms with van der Waals surface area (Å²) in [5.41, 5.74) is 7.49. The molecule has 0 aromatic heterocycles. The van der Waals surface area contributed by atoms with Crippen molar-refractivity contribution in [2.24, 2.45) is 5.73 Å². The molecule has 0 saturated carbocycles. The molecule has 1 atom stereocenters. The monoisotopic (exact) mass is 278 g/mol. The number of primary amides is 1. The van der Waals surface area contributed by atoms with E-state index in [1.54, 1.807) is 6.07 Å². The van der Waals surface area contributed by atoms with Crippen LogP contribution in [0.15, 0.2) is 18.2 Å². The van der Waals surface area contributed by atoms with Crippen LogP contribution in [0.5, 0.6) is 0 Å². The molecule has 1 aliphatic heterocycles. The van der Waals surface area contributed by atoms with Gasteiger partial charge in [0.15, 0.2) is 0 Å². The molecule has 1 unspecified atom stereocenters. The van der Waals surface area contributed by atoms with Crippen LogP contribution in [0.4, 0.5) is 5.69 Å². The molecular formula is C14H18N2O4. The van der Waals surface area contributed by atoms with Gasteiger partial charge in [-0.2, -0.15) is 0 Å². The third-order valence-corrected chi connectivity index (χ3v) is 3.37. The van der Waals surface area contributed by atoms with E-state index in [-0.39, 0.29) is 12.5 Å². The van der Waals surface area contributed by atoms with Crippen molar-refractivity contribution in [3.8, 4) is 0 Å². The van der Waals surface area contributed by atoms with E-state index >= 15 is 0 Å². The van der Waals surface area contributed by atoms with E-state index in [1.165, 1.54) is 0 Å². The first-order chi connectivity index (χ1) is 9.49. The predicted octanol–water partition coefficient (Wildman–Crippen LogP) is 0.774. The SMILES string of the molecule is Cc1ccc(C(N)=O)c(N2CCOCC2CC(=O)O)c1. The fourth-order valence-corrected chi connectivity index (χ4v) is 2.43. The van der Waals surface area contributed by atoms with Crippen molar-refractivity contribution in [3.05, 3.63) is 29.3 Å². The van der Waals surface area contributed by atoms with Crippen molar-refractivity contribution < 1.29 is 19.4 Å². The van der Waals surface area contributed by atoms with Crippen molar-refractivity contribution in [3.63, 3.8) is 0 Å². The van der Waals surface area contributed by atoms with Gasteiger partial charge in [-0.3, -0.25) is 9.59 Å². The van der Waals surface area contributed by atoms with Crippen LogP contribution in [0.3, 0.4) is 0 Å². The summed E-state index contributed by atoms with van der Waals surface area (Å²) in [4.78, 5) is 24.4. The van der Waals surface area contributed by atoms with Gasteiger partial charge in [-0.1, -0.05) is 6.07 Å². The molecule has 0 radical (unpaired) electrons. The normalized spacial score (nSPS) is 18.9. The van der Waals surface area contributed by atoms with Gasteiger partial charge in [-0.05, 0) is 24.6 Å². The van der Waals surface area contributed by atoms with E-state index in [0.717, 1.165) is 5.56 Å². The summed E-state index contributed by atoms with van der Waals surface area (Å²) in [5, 5.41) is 8.99. The van der Waals surface area contributed by atoms with Crippen LogP contribution in [-0.2, 0) is 9.53 Å². The Labute approximate surface area is 117 Å². The second kappa shape index (κ2) is 5.92. The minimum atomic E-state index is -0.890. The maximum absolute atomic E-state index is 11.6. The third kappa shape index (κ3) is 3.08. The Morgan fingerprint density at radius 1 is 1.50 bits per heavy atom. The van der Waals surface area contributed by atoms with Crippen LogP contribution in [-0.4, -0.2) is 42.8 Å². The molecule has 3 N–H and O–H groups in total. The van der Waals surface area contributed by atoms with Gasteiger partial charge in [0.2, 0.25) is 0 Å². The van der Waals surface area contributed by atoms with Crippen LogP contribution in [0.2, 0.25) is 0 Å². The number of carboxylic acids is 1. The van der Waals surface area contributed by atoms with Crippen LogP contribution in [0.1, 0.15) is 22.3 Å². The molecule has 1 saturated heterocycles. The Hall–Kier alpha value is -2.08. The number of aryl methyl sites for hydroxylation is 1. The second-order valence-corrected chi connectivity index (χ2v) is 4.90. The summed E-state index contributed by atoms with van der Waals surface area (Å²) in [7, 11) is 0. The van der Waals surface area contributed by atoms with E-state index in [0.29, 0.717) is 31.0 Å². The highest BCUT2D eigenvalue weighted by atomic mass is 16.5. The van der Waals surface area contributed by atoms with Gasteiger partial charge < -0.3 is 20.5 Å². The lowest BCUT2D eigenvalue weighted by Crippen LogP contribution is -2.47. The number of hydrogen-bond acceptors (Lipinski definition) is 4. The Morgan fingerprint density at radius 2 is 2.25 bits per heavy atom.